The second kappa shape index (κ2) is 8.47. The van der Waals surface area contributed by atoms with Crippen LogP contribution in [0.5, 0.6) is 0 Å². The predicted octanol–water partition coefficient (Wildman–Crippen LogP) is 2.56. The Kier molecular flexibility index (Phi) is 6.35. The molecule has 0 heterocycles. The van der Waals surface area contributed by atoms with Crippen molar-refractivity contribution < 1.29 is 14.9 Å². The molecule has 0 saturated carbocycles. The Bertz CT molecular complexity index is 716. The van der Waals surface area contributed by atoms with Gasteiger partial charge in [0.1, 0.15) is 6.04 Å². The van der Waals surface area contributed by atoms with E-state index >= 15 is 0 Å². The Morgan fingerprint density at radius 1 is 1.04 bits per heavy atom. The van der Waals surface area contributed by atoms with Crippen molar-refractivity contribution in [2.75, 3.05) is 17.2 Å². The van der Waals surface area contributed by atoms with Crippen molar-refractivity contribution in [3.05, 3.63) is 59.1 Å². The lowest BCUT2D eigenvalue weighted by Crippen LogP contribution is -2.86. The van der Waals surface area contributed by atoms with E-state index in [4.69, 9.17) is 11.6 Å². The fraction of sp³-hybridized carbons (Fsp3) is 0.222. The largest absolute Gasteiger partial charge is 0.332 e. The molecule has 6 heteroatoms. The number of halogens is 1. The third-order valence-electron chi connectivity index (χ3n) is 3.54. The SMILES string of the molecule is CC(=O)Nc1ccc(NC(=O)C[NH2+][C@H](C)c2ccccc2Cl)cc1. The highest BCUT2D eigenvalue weighted by Crippen LogP contribution is 2.19. The molecule has 0 saturated heterocycles. The van der Waals surface area contributed by atoms with Gasteiger partial charge in [-0.25, -0.2) is 0 Å². The van der Waals surface area contributed by atoms with Crippen LogP contribution in [0.25, 0.3) is 0 Å². The standard InChI is InChI=1S/C18H20ClN3O2/c1-12(16-5-3-4-6-17(16)19)20-11-18(24)22-15-9-7-14(8-10-15)21-13(2)23/h3-10,12,20H,11H2,1-2H3,(H,21,23)(H,22,24)/p+1/t12-/m1/s1. The smallest absolute Gasteiger partial charge is 0.279 e. The minimum absolute atomic E-state index is 0.0894. The zero-order chi connectivity index (χ0) is 17.5. The molecule has 24 heavy (non-hydrogen) atoms. The minimum atomic E-state index is -0.130. The number of benzene rings is 2. The zero-order valence-electron chi connectivity index (χ0n) is 13.7. The van der Waals surface area contributed by atoms with Crippen LogP contribution in [0.4, 0.5) is 11.4 Å². The monoisotopic (exact) mass is 346 g/mol. The summed E-state index contributed by atoms with van der Waals surface area (Å²) >= 11 is 6.16. The van der Waals surface area contributed by atoms with Gasteiger partial charge in [0.2, 0.25) is 5.91 Å². The molecule has 0 unspecified atom stereocenters. The summed E-state index contributed by atoms with van der Waals surface area (Å²) in [7, 11) is 0. The van der Waals surface area contributed by atoms with Crippen molar-refractivity contribution in [2.45, 2.75) is 19.9 Å². The summed E-state index contributed by atoms with van der Waals surface area (Å²) in [5, 5.41) is 8.14. The summed E-state index contributed by atoms with van der Waals surface area (Å²) in [5.41, 5.74) is 2.39. The third kappa shape index (κ3) is 5.37. The molecule has 0 aliphatic heterocycles. The highest BCUT2D eigenvalue weighted by molar-refractivity contribution is 6.31. The molecule has 0 aliphatic carbocycles. The highest BCUT2D eigenvalue weighted by atomic mass is 35.5. The highest BCUT2D eigenvalue weighted by Gasteiger charge is 2.14. The molecule has 0 fully saturated rings. The maximum atomic E-state index is 12.1. The van der Waals surface area contributed by atoms with E-state index in [1.807, 2.05) is 36.5 Å². The maximum absolute atomic E-state index is 12.1. The lowest BCUT2D eigenvalue weighted by molar-refractivity contribution is -0.682. The molecule has 1 atom stereocenters. The Morgan fingerprint density at radius 3 is 2.21 bits per heavy atom. The van der Waals surface area contributed by atoms with E-state index in [0.29, 0.717) is 22.9 Å². The number of hydrogen-bond acceptors (Lipinski definition) is 2. The van der Waals surface area contributed by atoms with E-state index in [1.165, 1.54) is 6.92 Å². The predicted molar refractivity (Wildman–Crippen MR) is 96.0 cm³/mol. The van der Waals surface area contributed by atoms with Gasteiger partial charge in [-0.2, -0.15) is 0 Å². The molecule has 2 rings (SSSR count). The third-order valence-corrected chi connectivity index (χ3v) is 3.89. The number of quaternary nitrogens is 1. The van der Waals surface area contributed by atoms with Crippen molar-refractivity contribution in [1.82, 2.24) is 0 Å². The number of anilines is 2. The van der Waals surface area contributed by atoms with E-state index in [1.54, 1.807) is 24.3 Å². The van der Waals surface area contributed by atoms with Gasteiger partial charge in [0.15, 0.2) is 6.54 Å². The van der Waals surface area contributed by atoms with Crippen LogP contribution in [0.2, 0.25) is 5.02 Å². The fourth-order valence-electron chi connectivity index (χ4n) is 2.31. The Morgan fingerprint density at radius 2 is 1.62 bits per heavy atom. The molecule has 0 spiro atoms. The number of rotatable bonds is 6. The lowest BCUT2D eigenvalue weighted by atomic mass is 10.1. The summed E-state index contributed by atoms with van der Waals surface area (Å²) in [6, 6.07) is 14.7. The van der Waals surface area contributed by atoms with Crippen LogP contribution in [0.15, 0.2) is 48.5 Å². The molecule has 0 aromatic heterocycles. The molecule has 2 aromatic rings. The first-order chi connectivity index (χ1) is 11.5. The van der Waals surface area contributed by atoms with Gasteiger partial charge in [0.25, 0.3) is 5.91 Å². The number of carbonyl (C=O) groups is 2. The van der Waals surface area contributed by atoms with Gasteiger partial charge < -0.3 is 16.0 Å². The van der Waals surface area contributed by atoms with E-state index in [2.05, 4.69) is 10.6 Å². The number of nitrogens with one attached hydrogen (secondary N) is 2. The molecule has 126 valence electrons. The summed E-state index contributed by atoms with van der Waals surface area (Å²) in [5.74, 6) is -0.226. The van der Waals surface area contributed by atoms with E-state index < -0.39 is 0 Å². The van der Waals surface area contributed by atoms with E-state index in [-0.39, 0.29) is 17.9 Å². The number of carbonyl (C=O) groups excluding carboxylic acids is 2. The number of hydrogen-bond donors (Lipinski definition) is 3. The Labute approximate surface area is 146 Å². The van der Waals surface area contributed by atoms with Crippen molar-refractivity contribution in [3.63, 3.8) is 0 Å². The Balaban J connectivity index is 1.85. The minimum Gasteiger partial charge on any atom is -0.332 e. The second-order valence-electron chi connectivity index (χ2n) is 5.56. The fourth-order valence-corrected chi connectivity index (χ4v) is 2.62. The summed E-state index contributed by atoms with van der Waals surface area (Å²) in [6.45, 7) is 3.75. The van der Waals surface area contributed by atoms with Crippen molar-refractivity contribution in [2.24, 2.45) is 0 Å². The van der Waals surface area contributed by atoms with Crippen LogP contribution in [-0.4, -0.2) is 18.4 Å². The van der Waals surface area contributed by atoms with E-state index in [9.17, 15) is 9.59 Å². The van der Waals surface area contributed by atoms with Gasteiger partial charge in [-0.1, -0.05) is 29.8 Å². The molecule has 0 bridgehead atoms. The van der Waals surface area contributed by atoms with Crippen molar-refractivity contribution in [1.29, 1.82) is 0 Å². The average Bonchev–Trinajstić information content (AvgIpc) is 2.54. The van der Waals surface area contributed by atoms with E-state index in [0.717, 1.165) is 5.56 Å². The van der Waals surface area contributed by atoms with Crippen LogP contribution in [0, 0.1) is 0 Å². The van der Waals surface area contributed by atoms with Crippen LogP contribution < -0.4 is 16.0 Å². The molecule has 2 aromatic carbocycles. The van der Waals surface area contributed by atoms with Gasteiger partial charge in [0, 0.05) is 28.9 Å². The van der Waals surface area contributed by atoms with Gasteiger partial charge in [-0.15, -0.1) is 0 Å². The topological polar surface area (TPSA) is 74.8 Å². The number of nitrogens with two attached hydrogens (primary N) is 1. The molecule has 0 aliphatic rings. The molecular weight excluding hydrogens is 326 g/mol. The summed E-state index contributed by atoms with van der Waals surface area (Å²) in [4.78, 5) is 23.0. The summed E-state index contributed by atoms with van der Waals surface area (Å²) in [6.07, 6.45) is 0. The lowest BCUT2D eigenvalue weighted by Gasteiger charge is -2.12. The van der Waals surface area contributed by atoms with Crippen molar-refractivity contribution >= 4 is 34.8 Å². The first-order valence-corrected chi connectivity index (χ1v) is 8.09. The summed E-state index contributed by atoms with van der Waals surface area (Å²) < 4.78 is 0. The molecule has 4 N–H and O–H groups in total. The van der Waals surface area contributed by atoms with Crippen LogP contribution in [0.1, 0.15) is 25.5 Å². The Hall–Kier alpha value is -2.37. The molecular formula is C18H21ClN3O2+. The van der Waals surface area contributed by atoms with Crippen molar-refractivity contribution in [3.8, 4) is 0 Å². The molecule has 2 amide bonds. The molecule has 5 nitrogen and oxygen atoms in total. The molecule has 0 radical (unpaired) electrons. The second-order valence-corrected chi connectivity index (χ2v) is 5.96. The normalized spacial score (nSPS) is 11.6. The van der Waals surface area contributed by atoms with Gasteiger partial charge in [-0.3, -0.25) is 9.59 Å². The van der Waals surface area contributed by atoms with Gasteiger partial charge >= 0.3 is 0 Å². The van der Waals surface area contributed by atoms with Crippen LogP contribution in [-0.2, 0) is 9.59 Å². The quantitative estimate of drug-likeness (QED) is 0.752. The van der Waals surface area contributed by atoms with Crippen LogP contribution in [0.3, 0.4) is 0 Å². The zero-order valence-corrected chi connectivity index (χ0v) is 14.4. The van der Waals surface area contributed by atoms with Crippen LogP contribution >= 0.6 is 11.6 Å². The average molecular weight is 347 g/mol. The maximum Gasteiger partial charge on any atom is 0.279 e. The number of amides is 2. The van der Waals surface area contributed by atoms with Gasteiger partial charge in [-0.05, 0) is 37.3 Å². The first kappa shape index (κ1) is 18.0. The van der Waals surface area contributed by atoms with Gasteiger partial charge in [0.05, 0.1) is 0 Å². The first-order valence-electron chi connectivity index (χ1n) is 7.71.